The van der Waals surface area contributed by atoms with Gasteiger partial charge in [-0.3, -0.25) is 0 Å². The van der Waals surface area contributed by atoms with Crippen LogP contribution in [0.5, 0.6) is 0 Å². The van der Waals surface area contributed by atoms with Crippen molar-refractivity contribution in [3.8, 4) is 0 Å². The zero-order valence-electron chi connectivity index (χ0n) is 6.06. The smallest absolute Gasteiger partial charge is 0.409 e. The molecular weight excluding hydrogens is 175 g/mol. The van der Waals surface area contributed by atoms with Crippen LogP contribution in [0.1, 0.15) is 12.8 Å². The predicted octanol–water partition coefficient (Wildman–Crippen LogP) is 1.59. The van der Waals surface area contributed by atoms with Gasteiger partial charge in [-0.25, -0.2) is 4.79 Å². The van der Waals surface area contributed by atoms with E-state index in [0.29, 0.717) is 12.8 Å². The van der Waals surface area contributed by atoms with Gasteiger partial charge in [-0.2, -0.15) is 13.2 Å². The van der Waals surface area contributed by atoms with Crippen LogP contribution in [0.4, 0.5) is 18.0 Å². The molecular formula is C6H8F3NO2. The van der Waals surface area contributed by atoms with E-state index in [1.54, 1.807) is 0 Å². The fourth-order valence-corrected chi connectivity index (χ4v) is 1.03. The summed E-state index contributed by atoms with van der Waals surface area (Å²) in [7, 11) is 0. The number of carboxylic acid groups (broad SMARTS) is 1. The van der Waals surface area contributed by atoms with Gasteiger partial charge in [0.25, 0.3) is 0 Å². The van der Waals surface area contributed by atoms with Crippen LogP contribution in [-0.4, -0.2) is 23.4 Å². The van der Waals surface area contributed by atoms with Gasteiger partial charge in [0.05, 0.1) is 0 Å². The van der Waals surface area contributed by atoms with Gasteiger partial charge in [0, 0.05) is 0 Å². The predicted molar refractivity (Wildman–Crippen MR) is 33.7 cm³/mol. The molecule has 1 amide bonds. The lowest BCUT2D eigenvalue weighted by Gasteiger charge is -2.19. The summed E-state index contributed by atoms with van der Waals surface area (Å²) >= 11 is 0. The second kappa shape index (κ2) is 2.84. The number of nitrogens with one attached hydrogen (secondary N) is 1. The summed E-state index contributed by atoms with van der Waals surface area (Å²) in [6.07, 6.45) is -5.18. The molecule has 0 saturated heterocycles. The summed E-state index contributed by atoms with van der Waals surface area (Å²) in [6.45, 7) is 0. The van der Waals surface area contributed by atoms with Crippen molar-refractivity contribution in [2.75, 3.05) is 0 Å². The van der Waals surface area contributed by atoms with Gasteiger partial charge >= 0.3 is 12.3 Å². The van der Waals surface area contributed by atoms with Crippen molar-refractivity contribution in [1.82, 2.24) is 5.32 Å². The van der Waals surface area contributed by atoms with E-state index >= 15 is 0 Å². The molecule has 2 N–H and O–H groups in total. The molecule has 0 aliphatic heterocycles. The van der Waals surface area contributed by atoms with Crippen LogP contribution in [0.2, 0.25) is 0 Å². The third-order valence-electron chi connectivity index (χ3n) is 1.73. The Kier molecular flexibility index (Phi) is 2.16. The van der Waals surface area contributed by atoms with Crippen molar-refractivity contribution in [3.63, 3.8) is 0 Å². The number of amides is 1. The first-order valence-electron chi connectivity index (χ1n) is 3.47. The molecule has 6 heteroatoms. The van der Waals surface area contributed by atoms with Crippen LogP contribution < -0.4 is 5.32 Å². The molecule has 1 unspecified atom stereocenters. The molecule has 1 rings (SSSR count). The van der Waals surface area contributed by atoms with Crippen molar-refractivity contribution in [3.05, 3.63) is 0 Å². The van der Waals surface area contributed by atoms with E-state index in [0.717, 1.165) is 0 Å². The molecule has 12 heavy (non-hydrogen) atoms. The molecule has 0 radical (unpaired) electrons. The molecule has 1 saturated carbocycles. The van der Waals surface area contributed by atoms with E-state index in [1.165, 1.54) is 5.32 Å². The largest absolute Gasteiger partial charge is 0.465 e. The average molecular weight is 183 g/mol. The van der Waals surface area contributed by atoms with E-state index in [1.807, 2.05) is 0 Å². The minimum Gasteiger partial charge on any atom is -0.465 e. The Morgan fingerprint density at radius 1 is 1.50 bits per heavy atom. The maximum absolute atomic E-state index is 12.0. The Morgan fingerprint density at radius 3 is 2.25 bits per heavy atom. The number of alkyl halides is 3. The first-order valence-corrected chi connectivity index (χ1v) is 3.47. The number of hydrogen-bond acceptors (Lipinski definition) is 1. The Labute approximate surface area is 66.6 Å². The van der Waals surface area contributed by atoms with E-state index in [2.05, 4.69) is 0 Å². The monoisotopic (exact) mass is 183 g/mol. The lowest BCUT2D eigenvalue weighted by atomic mass is 10.2. The zero-order chi connectivity index (χ0) is 9.35. The second-order valence-corrected chi connectivity index (χ2v) is 2.81. The number of hydrogen-bond donors (Lipinski definition) is 2. The lowest BCUT2D eigenvalue weighted by Crippen LogP contribution is -2.46. The second-order valence-electron chi connectivity index (χ2n) is 2.81. The van der Waals surface area contributed by atoms with Crippen LogP contribution in [-0.2, 0) is 0 Å². The molecule has 0 aromatic carbocycles. The quantitative estimate of drug-likeness (QED) is 0.683. The fourth-order valence-electron chi connectivity index (χ4n) is 1.03. The highest BCUT2D eigenvalue weighted by Gasteiger charge is 2.49. The molecule has 0 aromatic rings. The van der Waals surface area contributed by atoms with Crippen molar-refractivity contribution >= 4 is 6.09 Å². The summed E-state index contributed by atoms with van der Waals surface area (Å²) in [4.78, 5) is 9.98. The number of halogens is 3. The molecule has 1 aliphatic rings. The Balaban J connectivity index is 2.54. The molecule has 0 aromatic heterocycles. The highest BCUT2D eigenvalue weighted by Crippen LogP contribution is 2.39. The van der Waals surface area contributed by atoms with E-state index < -0.39 is 24.2 Å². The van der Waals surface area contributed by atoms with Crippen molar-refractivity contribution < 1.29 is 23.1 Å². The Bertz CT molecular complexity index is 188. The Hall–Kier alpha value is -0.940. The van der Waals surface area contributed by atoms with Gasteiger partial charge in [0.2, 0.25) is 0 Å². The molecule has 1 fully saturated rings. The third kappa shape index (κ3) is 2.28. The SMILES string of the molecule is O=C(O)NC(C1CC1)C(F)(F)F. The van der Waals surface area contributed by atoms with Gasteiger partial charge in [-0.1, -0.05) is 0 Å². The van der Waals surface area contributed by atoms with Gasteiger partial charge in [-0.15, -0.1) is 0 Å². The molecule has 70 valence electrons. The Morgan fingerprint density at radius 2 is 2.00 bits per heavy atom. The first kappa shape index (κ1) is 9.15. The minimum atomic E-state index is -4.46. The highest BCUT2D eigenvalue weighted by molar-refractivity contribution is 5.65. The standard InChI is InChI=1S/C6H8F3NO2/c7-6(8,9)4(3-1-2-3)10-5(11)12/h3-4,10H,1-2H2,(H,11,12). The highest BCUT2D eigenvalue weighted by atomic mass is 19.4. The molecule has 0 bridgehead atoms. The lowest BCUT2D eigenvalue weighted by molar-refractivity contribution is -0.158. The van der Waals surface area contributed by atoms with Crippen LogP contribution in [0.25, 0.3) is 0 Å². The molecule has 0 spiro atoms. The first-order chi connectivity index (χ1) is 5.41. The maximum Gasteiger partial charge on any atom is 0.409 e. The molecule has 3 nitrogen and oxygen atoms in total. The van der Waals surface area contributed by atoms with Crippen LogP contribution >= 0.6 is 0 Å². The van der Waals surface area contributed by atoms with Crippen molar-refractivity contribution in [1.29, 1.82) is 0 Å². The summed E-state index contributed by atoms with van der Waals surface area (Å²) in [5, 5.41) is 9.59. The fraction of sp³-hybridized carbons (Fsp3) is 0.833. The average Bonchev–Trinajstić information content (AvgIpc) is 2.60. The zero-order valence-corrected chi connectivity index (χ0v) is 6.06. The van der Waals surface area contributed by atoms with E-state index in [4.69, 9.17) is 5.11 Å². The summed E-state index contributed by atoms with van der Waals surface area (Å²) in [6, 6.07) is -1.88. The van der Waals surface area contributed by atoms with Gasteiger partial charge in [-0.05, 0) is 18.8 Å². The summed E-state index contributed by atoms with van der Waals surface area (Å²) in [5.74, 6) is -0.555. The van der Waals surface area contributed by atoms with Crippen LogP contribution in [0.15, 0.2) is 0 Å². The van der Waals surface area contributed by atoms with E-state index in [-0.39, 0.29) is 0 Å². The van der Waals surface area contributed by atoms with E-state index in [9.17, 15) is 18.0 Å². The maximum atomic E-state index is 12.0. The normalized spacial score (nSPS) is 20.2. The van der Waals surface area contributed by atoms with Crippen molar-refractivity contribution in [2.24, 2.45) is 5.92 Å². The topological polar surface area (TPSA) is 49.3 Å². The van der Waals surface area contributed by atoms with Gasteiger partial charge in [0.1, 0.15) is 6.04 Å². The third-order valence-corrected chi connectivity index (χ3v) is 1.73. The summed E-state index contributed by atoms with van der Waals surface area (Å²) < 4.78 is 36.1. The number of carbonyl (C=O) groups is 1. The van der Waals surface area contributed by atoms with Crippen molar-refractivity contribution in [2.45, 2.75) is 25.1 Å². The van der Waals surface area contributed by atoms with Gasteiger partial charge in [0.15, 0.2) is 0 Å². The molecule has 1 aliphatic carbocycles. The van der Waals surface area contributed by atoms with Crippen LogP contribution in [0, 0.1) is 5.92 Å². The molecule has 1 atom stereocenters. The summed E-state index contributed by atoms with van der Waals surface area (Å²) in [5.41, 5.74) is 0. The minimum absolute atomic E-state index is 0.449. The molecule has 0 heterocycles. The number of rotatable bonds is 2. The van der Waals surface area contributed by atoms with Gasteiger partial charge < -0.3 is 10.4 Å². The van der Waals surface area contributed by atoms with Crippen LogP contribution in [0.3, 0.4) is 0 Å².